The summed E-state index contributed by atoms with van der Waals surface area (Å²) in [5, 5.41) is 11.1. The molecule has 0 saturated carbocycles. The molecule has 9 nitrogen and oxygen atoms in total. The second-order valence-electron chi connectivity index (χ2n) is 11.5. The number of hydrogen-bond donors (Lipinski definition) is 2. The largest absolute Gasteiger partial charge is 0.378 e. The second-order valence-corrected chi connectivity index (χ2v) is 11.5. The van der Waals surface area contributed by atoms with E-state index in [2.05, 4.69) is 53.8 Å². The van der Waals surface area contributed by atoms with Gasteiger partial charge in [0.1, 0.15) is 18.1 Å². The van der Waals surface area contributed by atoms with Crippen LogP contribution in [0.5, 0.6) is 0 Å². The third-order valence-corrected chi connectivity index (χ3v) is 7.50. The van der Waals surface area contributed by atoms with Gasteiger partial charge in [0.25, 0.3) is 0 Å². The fraction of sp³-hybridized carbons (Fsp3) is 0.419. The number of pyridine rings is 1. The van der Waals surface area contributed by atoms with Gasteiger partial charge < -0.3 is 25.2 Å². The van der Waals surface area contributed by atoms with Crippen molar-refractivity contribution in [2.75, 3.05) is 39.0 Å². The Hall–Kier alpha value is -3.98. The number of aldehydes is 1. The molecule has 2 aliphatic heterocycles. The first-order chi connectivity index (χ1) is 19.3. The third-order valence-electron chi connectivity index (χ3n) is 7.50. The van der Waals surface area contributed by atoms with Crippen molar-refractivity contribution < 1.29 is 9.59 Å². The van der Waals surface area contributed by atoms with E-state index in [0.29, 0.717) is 24.2 Å². The molecule has 1 unspecified atom stereocenters. The van der Waals surface area contributed by atoms with Gasteiger partial charge in [-0.15, -0.1) is 0 Å². The van der Waals surface area contributed by atoms with E-state index < -0.39 is 6.04 Å². The Morgan fingerprint density at radius 2 is 1.95 bits per heavy atom. The van der Waals surface area contributed by atoms with E-state index in [1.165, 1.54) is 5.56 Å². The van der Waals surface area contributed by atoms with Gasteiger partial charge in [0, 0.05) is 42.6 Å². The minimum Gasteiger partial charge on any atom is -0.378 e. The van der Waals surface area contributed by atoms with Crippen LogP contribution in [0.15, 0.2) is 48.9 Å². The molecule has 2 aliphatic rings. The highest BCUT2D eigenvalue weighted by atomic mass is 16.2. The summed E-state index contributed by atoms with van der Waals surface area (Å²) < 4.78 is 1.95. The van der Waals surface area contributed by atoms with Crippen molar-refractivity contribution in [3.8, 4) is 11.3 Å². The number of carbonyl (C=O) groups is 2. The number of benzene rings is 1. The number of nitrogens with one attached hydrogen (secondary N) is 2. The zero-order valence-electron chi connectivity index (χ0n) is 23.8. The number of rotatable bonds is 9. The highest BCUT2D eigenvalue weighted by Crippen LogP contribution is 2.35. The summed E-state index contributed by atoms with van der Waals surface area (Å²) in [6.45, 7) is 7.22. The van der Waals surface area contributed by atoms with Crippen molar-refractivity contribution >= 4 is 29.8 Å². The summed E-state index contributed by atoms with van der Waals surface area (Å²) in [6.07, 6.45) is 10.5. The van der Waals surface area contributed by atoms with E-state index in [0.717, 1.165) is 66.8 Å². The lowest BCUT2D eigenvalue weighted by Gasteiger charge is -2.33. The highest BCUT2D eigenvalue weighted by molar-refractivity contribution is 5.80. The first kappa shape index (κ1) is 27.6. The lowest BCUT2D eigenvalue weighted by molar-refractivity contribution is -0.132. The number of amides is 1. The van der Waals surface area contributed by atoms with Crippen LogP contribution in [0.4, 0.5) is 11.5 Å². The van der Waals surface area contributed by atoms with Crippen LogP contribution in [0.25, 0.3) is 17.3 Å². The Kier molecular flexibility index (Phi) is 8.30. The Morgan fingerprint density at radius 1 is 1.20 bits per heavy atom. The van der Waals surface area contributed by atoms with Crippen molar-refractivity contribution in [1.29, 1.82) is 0 Å². The molecule has 0 aliphatic carbocycles. The molecule has 3 aromatic rings. The van der Waals surface area contributed by atoms with Gasteiger partial charge in [-0.05, 0) is 80.4 Å². The summed E-state index contributed by atoms with van der Waals surface area (Å²) in [6, 6.07) is 10.00. The molecule has 5 rings (SSSR count). The first-order valence-corrected chi connectivity index (χ1v) is 14.1. The average molecular weight is 542 g/mol. The molecule has 1 amide bonds. The lowest BCUT2D eigenvalue weighted by Crippen LogP contribution is -2.42. The molecule has 210 valence electrons. The molecular weight excluding hydrogens is 502 g/mol. The summed E-state index contributed by atoms with van der Waals surface area (Å²) >= 11 is 0. The Bertz CT molecular complexity index is 1370. The maximum Gasteiger partial charge on any atom is 0.236 e. The van der Waals surface area contributed by atoms with Crippen LogP contribution in [0.3, 0.4) is 0 Å². The molecule has 0 bridgehead atoms. The van der Waals surface area contributed by atoms with Crippen LogP contribution in [0.1, 0.15) is 55.3 Å². The zero-order chi connectivity index (χ0) is 28.2. The number of piperidine rings is 1. The van der Waals surface area contributed by atoms with Gasteiger partial charge in [0.15, 0.2) is 0 Å². The van der Waals surface area contributed by atoms with Crippen LogP contribution in [0.2, 0.25) is 0 Å². The topological polar surface area (TPSA) is 95.4 Å². The van der Waals surface area contributed by atoms with Crippen LogP contribution >= 0.6 is 0 Å². The van der Waals surface area contributed by atoms with E-state index in [1.54, 1.807) is 0 Å². The van der Waals surface area contributed by atoms with Crippen LogP contribution < -0.4 is 10.6 Å². The number of aromatic nitrogens is 3. The van der Waals surface area contributed by atoms with Gasteiger partial charge in [0.05, 0.1) is 18.4 Å². The minimum atomic E-state index is -0.479. The van der Waals surface area contributed by atoms with E-state index in [4.69, 9.17) is 4.98 Å². The van der Waals surface area contributed by atoms with Gasteiger partial charge in [-0.3, -0.25) is 9.48 Å². The average Bonchev–Trinajstić information content (AvgIpc) is 3.40. The summed E-state index contributed by atoms with van der Waals surface area (Å²) in [4.78, 5) is 33.2. The van der Waals surface area contributed by atoms with Gasteiger partial charge in [-0.2, -0.15) is 5.10 Å². The molecule has 1 saturated heterocycles. The van der Waals surface area contributed by atoms with Crippen LogP contribution in [-0.4, -0.2) is 70.5 Å². The number of carbonyl (C=O) groups excluding carboxylic acids is 2. The van der Waals surface area contributed by atoms with Crippen molar-refractivity contribution in [2.24, 2.45) is 5.92 Å². The summed E-state index contributed by atoms with van der Waals surface area (Å²) in [5.41, 5.74) is 5.71. The monoisotopic (exact) mass is 541 g/mol. The van der Waals surface area contributed by atoms with Gasteiger partial charge in [0.2, 0.25) is 5.91 Å². The van der Waals surface area contributed by atoms with Gasteiger partial charge >= 0.3 is 0 Å². The molecule has 1 atom stereocenters. The van der Waals surface area contributed by atoms with Crippen molar-refractivity contribution in [3.05, 3.63) is 65.6 Å². The number of likely N-dealkylation sites (tertiary alicyclic amines) is 1. The van der Waals surface area contributed by atoms with Gasteiger partial charge in [-0.1, -0.05) is 26.0 Å². The Labute approximate surface area is 236 Å². The van der Waals surface area contributed by atoms with E-state index in [9.17, 15) is 9.59 Å². The molecule has 9 heteroatoms. The fourth-order valence-corrected chi connectivity index (χ4v) is 5.49. The fourth-order valence-electron chi connectivity index (χ4n) is 5.49. The summed E-state index contributed by atoms with van der Waals surface area (Å²) in [7, 11) is 3.85. The molecule has 1 aromatic carbocycles. The Balaban J connectivity index is 1.35. The molecule has 2 aromatic heterocycles. The SMILES string of the molecule is CC(C)Cn1cc(-c2cc3c(c(Nc4ccc(C5CCN(C(=O)CN(C)C)CC5)cc4)n2)C(C=O)NC=C3)cn1. The zero-order valence-corrected chi connectivity index (χ0v) is 23.8. The van der Waals surface area contributed by atoms with Crippen molar-refractivity contribution in [1.82, 2.24) is 29.9 Å². The maximum absolute atomic E-state index is 12.4. The highest BCUT2D eigenvalue weighted by Gasteiger charge is 2.25. The first-order valence-electron chi connectivity index (χ1n) is 14.1. The molecular formula is C31H39N7O2. The van der Waals surface area contributed by atoms with Crippen molar-refractivity contribution in [2.45, 2.75) is 45.2 Å². The maximum atomic E-state index is 12.4. The van der Waals surface area contributed by atoms with Crippen LogP contribution in [-0.2, 0) is 16.1 Å². The predicted octanol–water partition coefficient (Wildman–Crippen LogP) is 4.43. The number of fused-ring (bicyclic) bond motifs is 1. The van der Waals surface area contributed by atoms with Crippen molar-refractivity contribution in [3.63, 3.8) is 0 Å². The second kappa shape index (κ2) is 12.0. The molecule has 2 N–H and O–H groups in total. The molecule has 40 heavy (non-hydrogen) atoms. The molecule has 1 fully saturated rings. The molecule has 0 radical (unpaired) electrons. The Morgan fingerprint density at radius 3 is 2.62 bits per heavy atom. The number of hydrogen-bond acceptors (Lipinski definition) is 7. The van der Waals surface area contributed by atoms with Crippen LogP contribution in [0, 0.1) is 5.92 Å². The van der Waals surface area contributed by atoms with E-state index in [1.807, 2.05) is 59.3 Å². The number of nitrogens with zero attached hydrogens (tertiary/aromatic N) is 5. The molecule has 0 spiro atoms. The third kappa shape index (κ3) is 6.25. The van der Waals surface area contributed by atoms with Gasteiger partial charge in [-0.25, -0.2) is 4.98 Å². The smallest absolute Gasteiger partial charge is 0.236 e. The number of anilines is 2. The summed E-state index contributed by atoms with van der Waals surface area (Å²) in [5.74, 6) is 1.78. The molecule has 4 heterocycles. The quantitative estimate of drug-likeness (QED) is 0.387. The lowest BCUT2D eigenvalue weighted by atomic mass is 9.89. The standard InChI is InChI=1S/C31H39N7O2/c1-21(2)17-38-18-25(16-33-38)27-15-24-9-12-32-28(20-39)30(24)31(35-27)34-26-7-5-22(6-8-26)23-10-13-37(14-11-23)29(40)19-36(3)4/h5-9,12,15-16,18,20-21,23,28,32H,10-11,13-14,17,19H2,1-4H3,(H,34,35). The number of likely N-dealkylation sites (N-methyl/N-ethyl adjacent to an activating group) is 1. The predicted molar refractivity (Wildman–Crippen MR) is 158 cm³/mol. The van der Waals surface area contributed by atoms with E-state index >= 15 is 0 Å². The van der Waals surface area contributed by atoms with E-state index in [-0.39, 0.29) is 5.91 Å². The minimum absolute atomic E-state index is 0.200. The normalized spacial score (nSPS) is 17.1.